The molecular formula is C13H14N4OS. The number of rotatable bonds is 3. The Bertz CT molecular complexity index is 637. The van der Waals surface area contributed by atoms with Gasteiger partial charge in [-0.1, -0.05) is 11.3 Å². The standard InChI is InChI=1S/C13H14N4OS/c1-17-10-3-2-8(6-9(10)7-12(17)18)13-16-15-11(19-13)4-5-14/h2-3,6H,4-5,7,14H2,1H3. The molecule has 0 spiro atoms. The van der Waals surface area contributed by atoms with Crippen LogP contribution in [-0.4, -0.2) is 29.7 Å². The van der Waals surface area contributed by atoms with Gasteiger partial charge in [0.25, 0.3) is 0 Å². The molecule has 1 aromatic heterocycles. The summed E-state index contributed by atoms with van der Waals surface area (Å²) < 4.78 is 0. The molecule has 1 aliphatic rings. The van der Waals surface area contributed by atoms with Gasteiger partial charge in [-0.25, -0.2) is 0 Å². The van der Waals surface area contributed by atoms with Crippen LogP contribution in [0.15, 0.2) is 18.2 Å². The third-order valence-electron chi connectivity index (χ3n) is 3.23. The largest absolute Gasteiger partial charge is 0.330 e. The van der Waals surface area contributed by atoms with Crippen LogP contribution in [0.5, 0.6) is 0 Å². The van der Waals surface area contributed by atoms with Crippen LogP contribution in [-0.2, 0) is 17.6 Å². The van der Waals surface area contributed by atoms with Crippen molar-refractivity contribution in [3.63, 3.8) is 0 Å². The Morgan fingerprint density at radius 2 is 2.26 bits per heavy atom. The van der Waals surface area contributed by atoms with Crippen LogP contribution in [0.4, 0.5) is 5.69 Å². The topological polar surface area (TPSA) is 72.1 Å². The highest BCUT2D eigenvalue weighted by Gasteiger charge is 2.24. The number of nitrogens with two attached hydrogens (primary N) is 1. The summed E-state index contributed by atoms with van der Waals surface area (Å²) in [6.45, 7) is 0.581. The van der Waals surface area contributed by atoms with Gasteiger partial charge in [0.05, 0.1) is 6.42 Å². The first-order valence-corrected chi connectivity index (χ1v) is 6.93. The van der Waals surface area contributed by atoms with Crippen molar-refractivity contribution in [1.82, 2.24) is 10.2 Å². The van der Waals surface area contributed by atoms with E-state index in [-0.39, 0.29) is 5.91 Å². The third-order valence-corrected chi connectivity index (χ3v) is 4.26. The molecule has 2 heterocycles. The van der Waals surface area contributed by atoms with E-state index in [9.17, 15) is 4.79 Å². The maximum Gasteiger partial charge on any atom is 0.231 e. The smallest absolute Gasteiger partial charge is 0.231 e. The van der Waals surface area contributed by atoms with Gasteiger partial charge in [-0.05, 0) is 30.3 Å². The predicted molar refractivity (Wildman–Crippen MR) is 75.2 cm³/mol. The van der Waals surface area contributed by atoms with Gasteiger partial charge in [-0.15, -0.1) is 10.2 Å². The Balaban J connectivity index is 1.94. The SMILES string of the molecule is CN1C(=O)Cc2cc(-c3nnc(CCN)s3)ccc21. The molecular weight excluding hydrogens is 260 g/mol. The van der Waals surface area contributed by atoms with E-state index in [1.807, 2.05) is 18.2 Å². The summed E-state index contributed by atoms with van der Waals surface area (Å²) in [5.74, 6) is 0.133. The normalized spacial score (nSPS) is 14.0. The Morgan fingerprint density at radius 1 is 1.42 bits per heavy atom. The number of amides is 1. The summed E-state index contributed by atoms with van der Waals surface area (Å²) in [5, 5.41) is 10.1. The minimum Gasteiger partial charge on any atom is -0.330 e. The van der Waals surface area contributed by atoms with Crippen molar-refractivity contribution in [2.24, 2.45) is 5.73 Å². The minimum absolute atomic E-state index is 0.133. The number of carbonyl (C=O) groups excluding carboxylic acids is 1. The van der Waals surface area contributed by atoms with Gasteiger partial charge in [-0.3, -0.25) is 4.79 Å². The second-order valence-corrected chi connectivity index (χ2v) is 5.57. The second kappa shape index (κ2) is 4.71. The summed E-state index contributed by atoms with van der Waals surface area (Å²) in [4.78, 5) is 13.3. The summed E-state index contributed by atoms with van der Waals surface area (Å²) in [7, 11) is 1.80. The lowest BCUT2D eigenvalue weighted by atomic mass is 10.1. The lowest BCUT2D eigenvalue weighted by Gasteiger charge is -2.09. The molecule has 2 N–H and O–H groups in total. The molecule has 3 rings (SSSR count). The van der Waals surface area contributed by atoms with Crippen molar-refractivity contribution in [2.45, 2.75) is 12.8 Å². The molecule has 1 amide bonds. The molecule has 5 nitrogen and oxygen atoms in total. The average molecular weight is 274 g/mol. The highest BCUT2D eigenvalue weighted by molar-refractivity contribution is 7.14. The van der Waals surface area contributed by atoms with Crippen molar-refractivity contribution < 1.29 is 4.79 Å². The predicted octanol–water partition coefficient (Wildman–Crippen LogP) is 1.23. The summed E-state index contributed by atoms with van der Waals surface area (Å²) >= 11 is 1.56. The number of benzene rings is 1. The van der Waals surface area contributed by atoms with Crippen LogP contribution < -0.4 is 10.6 Å². The monoisotopic (exact) mass is 274 g/mol. The zero-order valence-electron chi connectivity index (χ0n) is 10.6. The Kier molecular flexibility index (Phi) is 3.04. The van der Waals surface area contributed by atoms with Crippen molar-refractivity contribution in [1.29, 1.82) is 0 Å². The number of hydrogen-bond donors (Lipinski definition) is 1. The van der Waals surface area contributed by atoms with Gasteiger partial charge in [0.1, 0.15) is 10.0 Å². The van der Waals surface area contributed by atoms with Crippen LogP contribution in [0.1, 0.15) is 10.6 Å². The molecule has 19 heavy (non-hydrogen) atoms. The molecule has 0 radical (unpaired) electrons. The molecule has 0 aliphatic carbocycles. The van der Waals surface area contributed by atoms with E-state index in [2.05, 4.69) is 10.2 Å². The molecule has 0 fully saturated rings. The van der Waals surface area contributed by atoms with Crippen molar-refractivity contribution in [3.05, 3.63) is 28.8 Å². The van der Waals surface area contributed by atoms with E-state index in [1.54, 1.807) is 23.3 Å². The fourth-order valence-corrected chi connectivity index (χ4v) is 3.05. The molecule has 1 aromatic carbocycles. The van der Waals surface area contributed by atoms with Crippen molar-refractivity contribution in [2.75, 3.05) is 18.5 Å². The molecule has 1 aliphatic heterocycles. The van der Waals surface area contributed by atoms with E-state index in [0.29, 0.717) is 13.0 Å². The van der Waals surface area contributed by atoms with Crippen molar-refractivity contribution in [3.8, 4) is 10.6 Å². The second-order valence-electron chi connectivity index (χ2n) is 4.51. The molecule has 0 bridgehead atoms. The number of fused-ring (bicyclic) bond motifs is 1. The number of aromatic nitrogens is 2. The van der Waals surface area contributed by atoms with E-state index in [1.165, 1.54) is 0 Å². The first kappa shape index (κ1) is 12.3. The molecule has 0 unspecified atom stereocenters. The highest BCUT2D eigenvalue weighted by Crippen LogP contribution is 2.32. The maximum atomic E-state index is 11.7. The Morgan fingerprint density at radius 3 is 3.05 bits per heavy atom. The van der Waals surface area contributed by atoms with Crippen LogP contribution >= 0.6 is 11.3 Å². The van der Waals surface area contributed by atoms with Gasteiger partial charge in [0.15, 0.2) is 0 Å². The quantitative estimate of drug-likeness (QED) is 0.913. The zero-order valence-corrected chi connectivity index (χ0v) is 11.4. The summed E-state index contributed by atoms with van der Waals surface area (Å²) in [5.41, 5.74) is 8.57. The first-order valence-electron chi connectivity index (χ1n) is 6.11. The molecule has 2 aromatic rings. The first-order chi connectivity index (χ1) is 9.19. The summed E-state index contributed by atoms with van der Waals surface area (Å²) in [6, 6.07) is 5.99. The Hall–Kier alpha value is -1.79. The number of hydrogen-bond acceptors (Lipinski definition) is 5. The van der Waals surface area contributed by atoms with Crippen LogP contribution in [0, 0.1) is 0 Å². The third kappa shape index (κ3) is 2.13. The van der Waals surface area contributed by atoms with E-state index >= 15 is 0 Å². The Labute approximate surface area is 115 Å². The minimum atomic E-state index is 0.133. The molecule has 0 saturated carbocycles. The lowest BCUT2D eigenvalue weighted by molar-refractivity contribution is -0.117. The van der Waals surface area contributed by atoms with E-state index in [4.69, 9.17) is 5.73 Å². The fraction of sp³-hybridized carbons (Fsp3) is 0.308. The highest BCUT2D eigenvalue weighted by atomic mass is 32.1. The van der Waals surface area contributed by atoms with E-state index < -0.39 is 0 Å². The molecule has 6 heteroatoms. The molecule has 98 valence electrons. The van der Waals surface area contributed by atoms with Gasteiger partial charge in [0.2, 0.25) is 5.91 Å². The zero-order chi connectivity index (χ0) is 13.4. The number of likely N-dealkylation sites (N-methyl/N-ethyl adjacent to an activating group) is 1. The van der Waals surface area contributed by atoms with E-state index in [0.717, 1.165) is 33.3 Å². The average Bonchev–Trinajstić information content (AvgIpc) is 2.96. The van der Waals surface area contributed by atoms with Gasteiger partial charge >= 0.3 is 0 Å². The van der Waals surface area contributed by atoms with Crippen LogP contribution in [0.3, 0.4) is 0 Å². The number of carbonyl (C=O) groups is 1. The maximum absolute atomic E-state index is 11.7. The van der Waals surface area contributed by atoms with Crippen molar-refractivity contribution >= 4 is 22.9 Å². The summed E-state index contributed by atoms with van der Waals surface area (Å²) in [6.07, 6.45) is 1.22. The van der Waals surface area contributed by atoms with Gasteiger partial charge in [-0.2, -0.15) is 0 Å². The molecule has 0 atom stereocenters. The van der Waals surface area contributed by atoms with Crippen LogP contribution in [0.2, 0.25) is 0 Å². The number of nitrogens with zero attached hydrogens (tertiary/aromatic N) is 3. The fourth-order valence-electron chi connectivity index (χ4n) is 2.20. The lowest BCUT2D eigenvalue weighted by Crippen LogP contribution is -2.20. The van der Waals surface area contributed by atoms with Gasteiger partial charge in [0, 0.05) is 24.7 Å². The van der Waals surface area contributed by atoms with Crippen LogP contribution in [0.25, 0.3) is 10.6 Å². The van der Waals surface area contributed by atoms with Gasteiger partial charge < -0.3 is 10.6 Å². The number of anilines is 1. The molecule has 0 saturated heterocycles.